The van der Waals surface area contributed by atoms with Gasteiger partial charge in [0.25, 0.3) is 0 Å². The second kappa shape index (κ2) is 4.72. The van der Waals surface area contributed by atoms with E-state index < -0.39 is 0 Å². The Labute approximate surface area is 96.9 Å². The predicted molar refractivity (Wildman–Crippen MR) is 62.0 cm³/mol. The van der Waals surface area contributed by atoms with E-state index in [9.17, 15) is 4.79 Å². The van der Waals surface area contributed by atoms with Crippen LogP contribution in [-0.4, -0.2) is 30.2 Å². The van der Waals surface area contributed by atoms with Gasteiger partial charge in [0.2, 0.25) is 5.91 Å². The van der Waals surface area contributed by atoms with Crippen molar-refractivity contribution in [2.24, 2.45) is 5.73 Å². The molecule has 3 N–H and O–H groups in total. The van der Waals surface area contributed by atoms with Gasteiger partial charge < -0.3 is 15.8 Å². The molecular weight excluding hydrogens is 204 g/mol. The van der Waals surface area contributed by atoms with E-state index in [1.54, 1.807) is 0 Å². The first kappa shape index (κ1) is 11.9. The van der Waals surface area contributed by atoms with Crippen molar-refractivity contribution in [2.75, 3.05) is 6.54 Å². The molecular formula is C12H22N2O2. The van der Waals surface area contributed by atoms with E-state index in [1.807, 2.05) is 0 Å². The summed E-state index contributed by atoms with van der Waals surface area (Å²) in [6, 6.07) is 0. The lowest BCUT2D eigenvalue weighted by atomic mass is 9.74. The molecule has 1 saturated heterocycles. The van der Waals surface area contributed by atoms with Gasteiger partial charge in [-0.1, -0.05) is 6.92 Å². The molecule has 2 fully saturated rings. The lowest BCUT2D eigenvalue weighted by Crippen LogP contribution is -2.55. The van der Waals surface area contributed by atoms with E-state index in [-0.39, 0.29) is 23.7 Å². The molecule has 0 spiro atoms. The van der Waals surface area contributed by atoms with Gasteiger partial charge in [-0.2, -0.15) is 0 Å². The number of amides is 1. The highest BCUT2D eigenvalue weighted by atomic mass is 16.5. The molecule has 4 nitrogen and oxygen atoms in total. The first-order valence-corrected chi connectivity index (χ1v) is 6.36. The molecule has 0 bridgehead atoms. The van der Waals surface area contributed by atoms with E-state index in [2.05, 4.69) is 12.2 Å². The highest BCUT2D eigenvalue weighted by Crippen LogP contribution is 2.35. The van der Waals surface area contributed by atoms with Gasteiger partial charge in [-0.25, -0.2) is 0 Å². The summed E-state index contributed by atoms with van der Waals surface area (Å²) >= 11 is 0. The largest absolute Gasteiger partial charge is 0.364 e. The van der Waals surface area contributed by atoms with Crippen LogP contribution in [0.3, 0.4) is 0 Å². The molecule has 92 valence electrons. The van der Waals surface area contributed by atoms with Crippen LogP contribution in [0.4, 0.5) is 0 Å². The van der Waals surface area contributed by atoms with Gasteiger partial charge in [-0.3, -0.25) is 4.79 Å². The summed E-state index contributed by atoms with van der Waals surface area (Å²) in [6.45, 7) is 2.65. The Hall–Kier alpha value is -0.610. The lowest BCUT2D eigenvalue weighted by molar-refractivity contribution is -0.135. The zero-order chi connectivity index (χ0) is 11.6. The average molecular weight is 226 g/mol. The quantitative estimate of drug-likeness (QED) is 0.750. The molecule has 0 aromatic carbocycles. The lowest BCUT2D eigenvalue weighted by Gasteiger charge is -2.42. The van der Waals surface area contributed by atoms with Crippen LogP contribution in [0.15, 0.2) is 0 Å². The summed E-state index contributed by atoms with van der Waals surface area (Å²) in [4.78, 5) is 12.0. The van der Waals surface area contributed by atoms with E-state index in [4.69, 9.17) is 10.5 Å². The van der Waals surface area contributed by atoms with Gasteiger partial charge in [0, 0.05) is 12.1 Å². The Bertz CT molecular complexity index is 258. The van der Waals surface area contributed by atoms with Gasteiger partial charge in [0.1, 0.15) is 6.10 Å². The minimum Gasteiger partial charge on any atom is -0.364 e. The monoisotopic (exact) mass is 226 g/mol. The van der Waals surface area contributed by atoms with Crippen LogP contribution in [-0.2, 0) is 9.53 Å². The summed E-state index contributed by atoms with van der Waals surface area (Å²) in [5.41, 5.74) is 5.60. The number of carbonyl (C=O) groups excluding carboxylic acids is 1. The van der Waals surface area contributed by atoms with Crippen molar-refractivity contribution >= 4 is 5.91 Å². The summed E-state index contributed by atoms with van der Waals surface area (Å²) in [7, 11) is 0. The molecule has 2 rings (SSSR count). The fourth-order valence-corrected chi connectivity index (χ4v) is 2.58. The topological polar surface area (TPSA) is 64.4 Å². The zero-order valence-electron chi connectivity index (χ0n) is 10.00. The van der Waals surface area contributed by atoms with Crippen LogP contribution in [0.5, 0.6) is 0 Å². The van der Waals surface area contributed by atoms with Crippen molar-refractivity contribution in [1.82, 2.24) is 5.32 Å². The fraction of sp³-hybridized carbons (Fsp3) is 0.917. The molecule has 0 aromatic rings. The molecule has 1 amide bonds. The molecule has 2 unspecified atom stereocenters. The number of carbonyl (C=O) groups is 1. The number of rotatable bonds is 4. The first-order valence-electron chi connectivity index (χ1n) is 6.36. The number of hydrogen-bond acceptors (Lipinski definition) is 3. The molecule has 0 radical (unpaired) electrons. The van der Waals surface area contributed by atoms with E-state index in [0.29, 0.717) is 6.54 Å². The molecule has 1 heterocycles. The van der Waals surface area contributed by atoms with Crippen LogP contribution in [0.1, 0.15) is 45.4 Å². The van der Waals surface area contributed by atoms with Crippen molar-refractivity contribution in [1.29, 1.82) is 0 Å². The molecule has 4 heteroatoms. The first-order chi connectivity index (χ1) is 7.69. The highest BCUT2D eigenvalue weighted by Gasteiger charge is 2.39. The molecule has 16 heavy (non-hydrogen) atoms. The van der Waals surface area contributed by atoms with Crippen LogP contribution < -0.4 is 11.1 Å². The third-order valence-corrected chi connectivity index (χ3v) is 4.04. The van der Waals surface area contributed by atoms with Gasteiger partial charge in [-0.15, -0.1) is 0 Å². The van der Waals surface area contributed by atoms with Crippen molar-refractivity contribution < 1.29 is 9.53 Å². The molecule has 1 aliphatic carbocycles. The zero-order valence-corrected chi connectivity index (χ0v) is 10.00. The van der Waals surface area contributed by atoms with E-state index >= 15 is 0 Å². The maximum Gasteiger partial charge on any atom is 0.249 e. The van der Waals surface area contributed by atoms with Gasteiger partial charge in [-0.05, 0) is 38.5 Å². The summed E-state index contributed by atoms with van der Waals surface area (Å²) in [5, 5.41) is 3.16. The van der Waals surface area contributed by atoms with Crippen molar-refractivity contribution in [3.63, 3.8) is 0 Å². The smallest absolute Gasteiger partial charge is 0.249 e. The third-order valence-electron chi connectivity index (χ3n) is 4.04. The van der Waals surface area contributed by atoms with Crippen molar-refractivity contribution in [2.45, 2.75) is 63.2 Å². The summed E-state index contributed by atoms with van der Waals surface area (Å²) in [5.74, 6) is 0.0671. The molecule has 1 saturated carbocycles. The minimum absolute atomic E-state index is 0.0671. The Kier molecular flexibility index (Phi) is 3.50. The predicted octanol–water partition coefficient (Wildman–Crippen LogP) is 0.942. The second-order valence-electron chi connectivity index (χ2n) is 5.04. The molecule has 2 aliphatic rings. The van der Waals surface area contributed by atoms with Crippen LogP contribution in [0.25, 0.3) is 0 Å². The van der Waals surface area contributed by atoms with Crippen molar-refractivity contribution in [3.8, 4) is 0 Å². The maximum absolute atomic E-state index is 12.0. The maximum atomic E-state index is 12.0. The van der Waals surface area contributed by atoms with Crippen LogP contribution in [0, 0.1) is 0 Å². The van der Waals surface area contributed by atoms with E-state index in [1.165, 1.54) is 6.42 Å². The number of hydrogen-bond donors (Lipinski definition) is 2. The SMILES string of the molecule is CCC1(NC(=O)C2CCC(CN)O2)CCC1. The Balaban J connectivity index is 1.84. The van der Waals surface area contributed by atoms with Crippen molar-refractivity contribution in [3.05, 3.63) is 0 Å². The Morgan fingerprint density at radius 1 is 1.50 bits per heavy atom. The normalized spacial score (nSPS) is 32.1. The van der Waals surface area contributed by atoms with E-state index in [0.717, 1.165) is 32.1 Å². The average Bonchev–Trinajstić information content (AvgIpc) is 2.71. The Morgan fingerprint density at radius 2 is 2.25 bits per heavy atom. The third kappa shape index (κ3) is 2.23. The second-order valence-corrected chi connectivity index (χ2v) is 5.04. The number of ether oxygens (including phenoxy) is 1. The minimum atomic E-state index is -0.266. The number of nitrogens with two attached hydrogens (primary N) is 1. The van der Waals surface area contributed by atoms with Crippen LogP contribution >= 0.6 is 0 Å². The summed E-state index contributed by atoms with van der Waals surface area (Å²) < 4.78 is 5.59. The molecule has 1 aliphatic heterocycles. The van der Waals surface area contributed by atoms with Gasteiger partial charge in [0.15, 0.2) is 0 Å². The molecule has 0 aromatic heterocycles. The Morgan fingerprint density at radius 3 is 2.69 bits per heavy atom. The van der Waals surface area contributed by atoms with Gasteiger partial charge in [0.05, 0.1) is 6.10 Å². The van der Waals surface area contributed by atoms with Crippen LogP contribution in [0.2, 0.25) is 0 Å². The molecule has 2 atom stereocenters. The fourth-order valence-electron chi connectivity index (χ4n) is 2.58. The standard InChI is InChI=1S/C12H22N2O2/c1-2-12(6-3-7-12)14-11(15)10-5-4-9(8-13)16-10/h9-10H,2-8,13H2,1H3,(H,14,15). The number of nitrogens with one attached hydrogen (secondary N) is 1. The summed E-state index contributed by atoms with van der Waals surface area (Å²) in [6.07, 6.45) is 6.01. The van der Waals surface area contributed by atoms with Gasteiger partial charge >= 0.3 is 0 Å². The highest BCUT2D eigenvalue weighted by molar-refractivity contribution is 5.81.